The van der Waals surface area contributed by atoms with Gasteiger partial charge in [-0.05, 0) is 65.3 Å². The van der Waals surface area contributed by atoms with Crippen LogP contribution in [0.25, 0.3) is 0 Å². The maximum absolute atomic E-state index is 12.6. The number of hydrogen-bond donors (Lipinski definition) is 2. The van der Waals surface area contributed by atoms with E-state index in [1.54, 1.807) is 0 Å². The number of nitrogens with zero attached hydrogens (tertiary/aromatic N) is 2. The molecular formula is C16H16BrClN4O. The number of nitrogens with one attached hydrogen (secondary N) is 2. The van der Waals surface area contributed by atoms with E-state index in [0.717, 1.165) is 28.6 Å². The zero-order valence-corrected chi connectivity index (χ0v) is 14.9. The molecule has 5 nitrogen and oxygen atoms in total. The molecule has 1 fully saturated rings. The van der Waals surface area contributed by atoms with Gasteiger partial charge in [-0.15, -0.1) is 0 Å². The number of carbonyl (C=O) groups excluding carboxylic acids is 1. The van der Waals surface area contributed by atoms with E-state index in [-0.39, 0.29) is 11.2 Å². The van der Waals surface area contributed by atoms with Gasteiger partial charge in [0.05, 0.1) is 5.69 Å². The summed E-state index contributed by atoms with van der Waals surface area (Å²) < 4.78 is 0.828. The molecule has 0 unspecified atom stereocenters. The molecule has 0 radical (unpaired) electrons. The first-order valence-electron chi connectivity index (χ1n) is 7.40. The van der Waals surface area contributed by atoms with Crippen LogP contribution in [0, 0.1) is 6.92 Å². The van der Waals surface area contributed by atoms with Crippen molar-refractivity contribution < 1.29 is 4.79 Å². The number of halogens is 2. The Balaban J connectivity index is 1.86. The fraction of sp³-hybridized carbons (Fsp3) is 0.312. The van der Waals surface area contributed by atoms with E-state index in [1.165, 1.54) is 12.6 Å². The molecule has 3 rings (SSSR count). The highest BCUT2D eigenvalue weighted by molar-refractivity contribution is 9.10. The molecule has 1 heterocycles. The summed E-state index contributed by atoms with van der Waals surface area (Å²) in [5, 5.41) is 6.32. The number of rotatable bonds is 4. The summed E-state index contributed by atoms with van der Waals surface area (Å²) in [7, 11) is 0. The zero-order valence-electron chi connectivity index (χ0n) is 12.6. The summed E-state index contributed by atoms with van der Waals surface area (Å²) in [6, 6.07) is 6.09. The molecule has 0 aliphatic heterocycles. The molecule has 0 spiro atoms. The number of hydrogen-bond acceptors (Lipinski definition) is 4. The Morgan fingerprint density at radius 2 is 2.17 bits per heavy atom. The third kappa shape index (κ3) is 3.64. The lowest BCUT2D eigenvalue weighted by atomic mass is 9.93. The molecule has 1 amide bonds. The molecule has 1 aromatic carbocycles. The number of para-hydroxylation sites is 1. The Kier molecular flexibility index (Phi) is 4.82. The van der Waals surface area contributed by atoms with Gasteiger partial charge in [-0.1, -0.05) is 12.1 Å². The van der Waals surface area contributed by atoms with Crippen LogP contribution in [-0.4, -0.2) is 21.9 Å². The van der Waals surface area contributed by atoms with Gasteiger partial charge in [-0.3, -0.25) is 4.79 Å². The third-order valence-corrected chi connectivity index (χ3v) is 4.75. The standard InChI is InChI=1S/C16H16BrClN4O/c1-9-4-2-7-12(17)13(9)21-15(23)11-8-19-16(18)22-14(11)20-10-5-3-6-10/h2,4,7-8,10H,3,5-6H2,1H3,(H,21,23)(H,19,20,22). The highest BCUT2D eigenvalue weighted by Gasteiger charge is 2.22. The van der Waals surface area contributed by atoms with Crippen LogP contribution in [0.5, 0.6) is 0 Å². The lowest BCUT2D eigenvalue weighted by molar-refractivity contribution is 0.102. The second kappa shape index (κ2) is 6.84. The number of aryl methyl sites for hydroxylation is 1. The molecule has 1 saturated carbocycles. The molecule has 0 saturated heterocycles. The average Bonchev–Trinajstić information content (AvgIpc) is 2.47. The van der Waals surface area contributed by atoms with Gasteiger partial charge in [-0.25, -0.2) is 4.98 Å². The molecule has 120 valence electrons. The fourth-order valence-electron chi connectivity index (χ4n) is 2.35. The minimum absolute atomic E-state index is 0.125. The molecule has 0 bridgehead atoms. The van der Waals surface area contributed by atoms with Crippen molar-refractivity contribution in [1.29, 1.82) is 0 Å². The van der Waals surface area contributed by atoms with E-state index >= 15 is 0 Å². The number of carbonyl (C=O) groups is 1. The molecule has 2 aromatic rings. The topological polar surface area (TPSA) is 66.9 Å². The maximum atomic E-state index is 12.6. The molecule has 2 N–H and O–H groups in total. The largest absolute Gasteiger partial charge is 0.367 e. The monoisotopic (exact) mass is 394 g/mol. The SMILES string of the molecule is Cc1cccc(Br)c1NC(=O)c1cnc(Cl)nc1NC1CCC1. The van der Waals surface area contributed by atoms with E-state index < -0.39 is 0 Å². The zero-order chi connectivity index (χ0) is 16.4. The van der Waals surface area contributed by atoms with E-state index in [4.69, 9.17) is 11.6 Å². The van der Waals surface area contributed by atoms with Crippen LogP contribution in [0.2, 0.25) is 5.28 Å². The Bertz CT molecular complexity index is 729. The molecule has 1 aliphatic carbocycles. The summed E-state index contributed by atoms with van der Waals surface area (Å²) in [6.45, 7) is 1.94. The quantitative estimate of drug-likeness (QED) is 0.752. The van der Waals surface area contributed by atoms with E-state index in [1.807, 2.05) is 25.1 Å². The predicted octanol–water partition coefficient (Wildman–Crippen LogP) is 4.42. The second-order valence-electron chi connectivity index (χ2n) is 5.56. The van der Waals surface area contributed by atoms with Crippen LogP contribution in [-0.2, 0) is 0 Å². The van der Waals surface area contributed by atoms with E-state index in [9.17, 15) is 4.79 Å². The predicted molar refractivity (Wildman–Crippen MR) is 95.1 cm³/mol. The number of anilines is 2. The van der Waals surface area contributed by atoms with Crippen molar-refractivity contribution in [3.05, 3.63) is 45.3 Å². The lowest BCUT2D eigenvalue weighted by Crippen LogP contribution is -2.29. The first kappa shape index (κ1) is 16.2. The van der Waals surface area contributed by atoms with E-state index in [2.05, 4.69) is 36.5 Å². The third-order valence-electron chi connectivity index (χ3n) is 3.91. The van der Waals surface area contributed by atoms with Crippen molar-refractivity contribution in [3.63, 3.8) is 0 Å². The van der Waals surface area contributed by atoms with Crippen molar-refractivity contribution in [2.24, 2.45) is 0 Å². The Morgan fingerprint density at radius 1 is 1.39 bits per heavy atom. The van der Waals surface area contributed by atoms with Gasteiger partial charge in [0, 0.05) is 16.7 Å². The van der Waals surface area contributed by atoms with Gasteiger partial charge in [0.1, 0.15) is 11.4 Å². The molecule has 7 heteroatoms. The highest BCUT2D eigenvalue weighted by atomic mass is 79.9. The molecule has 1 aromatic heterocycles. The molecular weight excluding hydrogens is 380 g/mol. The van der Waals surface area contributed by atoms with Crippen molar-refractivity contribution in [2.75, 3.05) is 10.6 Å². The molecule has 0 atom stereocenters. The Morgan fingerprint density at radius 3 is 2.83 bits per heavy atom. The van der Waals surface area contributed by atoms with E-state index in [0.29, 0.717) is 17.4 Å². The number of aromatic nitrogens is 2. The molecule has 23 heavy (non-hydrogen) atoms. The van der Waals surface area contributed by atoms with Crippen LogP contribution in [0.15, 0.2) is 28.9 Å². The van der Waals surface area contributed by atoms with Crippen molar-refractivity contribution in [2.45, 2.75) is 32.2 Å². The number of benzene rings is 1. The summed E-state index contributed by atoms with van der Waals surface area (Å²) >= 11 is 9.33. The van der Waals surface area contributed by atoms with Crippen molar-refractivity contribution in [1.82, 2.24) is 9.97 Å². The van der Waals surface area contributed by atoms with Gasteiger partial charge >= 0.3 is 0 Å². The van der Waals surface area contributed by atoms with Gasteiger partial charge in [0.2, 0.25) is 5.28 Å². The number of amides is 1. The minimum atomic E-state index is -0.265. The fourth-order valence-corrected chi connectivity index (χ4v) is 3.05. The lowest BCUT2D eigenvalue weighted by Gasteiger charge is -2.27. The molecule has 1 aliphatic rings. The normalized spacial score (nSPS) is 14.2. The summed E-state index contributed by atoms with van der Waals surface area (Å²) in [4.78, 5) is 20.8. The van der Waals surface area contributed by atoms with Gasteiger partial charge < -0.3 is 10.6 Å². The highest BCUT2D eigenvalue weighted by Crippen LogP contribution is 2.28. The Hall–Kier alpha value is -1.66. The maximum Gasteiger partial charge on any atom is 0.261 e. The van der Waals surface area contributed by atoms with Crippen molar-refractivity contribution >= 4 is 44.9 Å². The first-order valence-corrected chi connectivity index (χ1v) is 8.57. The van der Waals surface area contributed by atoms with Gasteiger partial charge in [0.15, 0.2) is 0 Å². The van der Waals surface area contributed by atoms with Crippen LogP contribution in [0.4, 0.5) is 11.5 Å². The average molecular weight is 396 g/mol. The van der Waals surface area contributed by atoms with Gasteiger partial charge in [0.25, 0.3) is 5.91 Å². The van der Waals surface area contributed by atoms with Gasteiger partial charge in [-0.2, -0.15) is 4.98 Å². The van der Waals surface area contributed by atoms with Crippen LogP contribution in [0.1, 0.15) is 35.2 Å². The summed E-state index contributed by atoms with van der Waals surface area (Å²) in [5.74, 6) is 0.218. The smallest absolute Gasteiger partial charge is 0.261 e. The van der Waals surface area contributed by atoms with Crippen LogP contribution < -0.4 is 10.6 Å². The van der Waals surface area contributed by atoms with Crippen LogP contribution in [0.3, 0.4) is 0 Å². The summed E-state index contributed by atoms with van der Waals surface area (Å²) in [5.41, 5.74) is 2.09. The van der Waals surface area contributed by atoms with Crippen LogP contribution >= 0.6 is 27.5 Å². The van der Waals surface area contributed by atoms with Crippen molar-refractivity contribution in [3.8, 4) is 0 Å². The minimum Gasteiger partial charge on any atom is -0.367 e. The Labute approximate surface area is 148 Å². The first-order chi connectivity index (χ1) is 11.0. The second-order valence-corrected chi connectivity index (χ2v) is 6.75. The summed E-state index contributed by atoms with van der Waals surface area (Å²) in [6.07, 6.45) is 4.80.